The third kappa shape index (κ3) is 6.55. The van der Waals surface area contributed by atoms with Gasteiger partial charge in [-0.1, -0.05) is 17.7 Å². The molecule has 0 saturated heterocycles. The van der Waals surface area contributed by atoms with Gasteiger partial charge in [-0.05, 0) is 26.8 Å². The summed E-state index contributed by atoms with van der Waals surface area (Å²) in [5, 5.41) is 23.1. The lowest BCUT2D eigenvalue weighted by Gasteiger charge is -2.18. The van der Waals surface area contributed by atoms with Gasteiger partial charge in [0.15, 0.2) is 0 Å². The molecule has 1 rings (SSSR count). The predicted octanol–water partition coefficient (Wildman–Crippen LogP) is 2.04. The monoisotopic (exact) mass is 345 g/mol. The van der Waals surface area contributed by atoms with Crippen LogP contribution >= 0.6 is 0 Å². The van der Waals surface area contributed by atoms with E-state index in [9.17, 15) is 9.59 Å². The Balaban J connectivity index is 2.81. The Labute approximate surface area is 147 Å². The zero-order valence-electron chi connectivity index (χ0n) is 14.6. The molecule has 0 aliphatic carbocycles. The highest BCUT2D eigenvalue weighted by Gasteiger charge is 2.17. The van der Waals surface area contributed by atoms with Crippen LogP contribution in [-0.2, 0) is 9.59 Å². The lowest BCUT2D eigenvalue weighted by atomic mass is 10.0. The van der Waals surface area contributed by atoms with E-state index in [-0.39, 0.29) is 24.6 Å². The molecule has 1 aromatic rings. The number of nitriles is 1. The van der Waals surface area contributed by atoms with Crippen molar-refractivity contribution >= 4 is 11.9 Å². The van der Waals surface area contributed by atoms with Crippen molar-refractivity contribution < 1.29 is 19.4 Å². The van der Waals surface area contributed by atoms with Crippen LogP contribution in [0.2, 0.25) is 0 Å². The third-order valence-electron chi connectivity index (χ3n) is 3.37. The number of amides is 1. The van der Waals surface area contributed by atoms with Gasteiger partial charge in [0, 0.05) is 18.3 Å². The molecule has 1 unspecified atom stereocenters. The van der Waals surface area contributed by atoms with Gasteiger partial charge in [-0.25, -0.2) is 0 Å². The Kier molecular flexibility index (Phi) is 8.00. The van der Waals surface area contributed by atoms with Crippen LogP contribution in [0.3, 0.4) is 0 Å². The number of hydrogen-bond donors (Lipinski definition) is 3. The first kappa shape index (κ1) is 20.0. The normalized spacial score (nSPS) is 12.0. The van der Waals surface area contributed by atoms with E-state index < -0.39 is 11.9 Å². The number of ether oxygens (including phenoxy) is 1. The van der Waals surface area contributed by atoms with E-state index >= 15 is 0 Å². The summed E-state index contributed by atoms with van der Waals surface area (Å²) >= 11 is 0. The average Bonchev–Trinajstić information content (AvgIpc) is 2.56. The Bertz CT molecular complexity index is 692. The van der Waals surface area contributed by atoms with Crippen molar-refractivity contribution in [3.63, 3.8) is 0 Å². The molecule has 0 aliphatic rings. The zero-order chi connectivity index (χ0) is 18.8. The number of carbonyl (C=O) groups excluding carboxylic acids is 1. The summed E-state index contributed by atoms with van der Waals surface area (Å²) in [6.07, 6.45) is 1.12. The molecule has 0 saturated carbocycles. The van der Waals surface area contributed by atoms with Crippen molar-refractivity contribution in [2.75, 3.05) is 13.2 Å². The molecule has 0 aliphatic heterocycles. The first-order chi connectivity index (χ1) is 11.9. The fraction of sp³-hybridized carbons (Fsp3) is 0.389. The number of nitrogens with zero attached hydrogens (tertiary/aromatic N) is 1. The van der Waals surface area contributed by atoms with Gasteiger partial charge in [0.2, 0.25) is 0 Å². The van der Waals surface area contributed by atoms with Gasteiger partial charge in [0.25, 0.3) is 5.91 Å². The van der Waals surface area contributed by atoms with Crippen LogP contribution in [-0.4, -0.2) is 30.1 Å². The quantitative estimate of drug-likeness (QED) is 0.359. The van der Waals surface area contributed by atoms with E-state index in [2.05, 4.69) is 10.6 Å². The van der Waals surface area contributed by atoms with Crippen LogP contribution in [0.5, 0.6) is 5.75 Å². The molecule has 1 atom stereocenters. The second-order valence-corrected chi connectivity index (χ2v) is 5.44. The van der Waals surface area contributed by atoms with Crippen molar-refractivity contribution in [2.45, 2.75) is 33.2 Å². The maximum Gasteiger partial charge on any atom is 0.305 e. The smallest absolute Gasteiger partial charge is 0.305 e. The number of benzene rings is 1. The fourth-order valence-corrected chi connectivity index (χ4v) is 2.15. The van der Waals surface area contributed by atoms with Crippen LogP contribution in [0.25, 0.3) is 0 Å². The van der Waals surface area contributed by atoms with Gasteiger partial charge >= 0.3 is 5.97 Å². The molecule has 0 bridgehead atoms. The van der Waals surface area contributed by atoms with Crippen LogP contribution < -0.4 is 15.4 Å². The second-order valence-electron chi connectivity index (χ2n) is 5.44. The molecule has 1 amide bonds. The van der Waals surface area contributed by atoms with Gasteiger partial charge in [-0.3, -0.25) is 9.59 Å². The minimum absolute atomic E-state index is 0.103. The highest BCUT2D eigenvalue weighted by Crippen LogP contribution is 2.26. The molecule has 25 heavy (non-hydrogen) atoms. The summed E-state index contributed by atoms with van der Waals surface area (Å²) in [5.74, 6) is -0.815. The van der Waals surface area contributed by atoms with Crippen LogP contribution in [0.4, 0.5) is 0 Å². The Morgan fingerprint density at radius 3 is 2.76 bits per heavy atom. The Hall–Kier alpha value is -3.01. The van der Waals surface area contributed by atoms with Crippen LogP contribution in [0.1, 0.15) is 37.4 Å². The molecule has 7 nitrogen and oxygen atoms in total. The van der Waals surface area contributed by atoms with Gasteiger partial charge in [0.05, 0.1) is 19.1 Å². The second kappa shape index (κ2) is 9.98. The summed E-state index contributed by atoms with van der Waals surface area (Å²) in [7, 11) is 0. The topological polar surface area (TPSA) is 111 Å². The molecule has 134 valence electrons. The van der Waals surface area contributed by atoms with Gasteiger partial charge in [-0.2, -0.15) is 5.26 Å². The number of carbonyl (C=O) groups is 2. The number of carboxylic acids is 1. The first-order valence-electron chi connectivity index (χ1n) is 7.98. The van der Waals surface area contributed by atoms with E-state index in [4.69, 9.17) is 15.1 Å². The third-order valence-corrected chi connectivity index (χ3v) is 3.37. The minimum atomic E-state index is -0.958. The van der Waals surface area contributed by atoms with Crippen molar-refractivity contribution in [1.29, 1.82) is 5.26 Å². The van der Waals surface area contributed by atoms with E-state index in [0.29, 0.717) is 12.4 Å². The summed E-state index contributed by atoms with van der Waals surface area (Å²) in [6, 6.07) is 7.16. The number of aliphatic carboxylic acids is 1. The zero-order valence-corrected chi connectivity index (χ0v) is 14.6. The standard InChI is InChI=1S/C18H23N3O4/c1-4-25-16-6-5-12(2)9-15(16)13(3)21-18(24)14(10-19)11-20-8-7-17(22)23/h5-6,9,11,13,20H,4,7-8H2,1-3H3,(H,21,24)(H,22,23)/b14-11-. The number of hydrogen-bond acceptors (Lipinski definition) is 5. The van der Waals surface area contributed by atoms with E-state index in [1.54, 1.807) is 6.07 Å². The van der Waals surface area contributed by atoms with Crippen LogP contribution in [0, 0.1) is 18.3 Å². The summed E-state index contributed by atoms with van der Waals surface area (Å²) < 4.78 is 5.58. The van der Waals surface area contributed by atoms with Crippen molar-refractivity contribution in [3.8, 4) is 11.8 Å². The van der Waals surface area contributed by atoms with Crippen molar-refractivity contribution in [1.82, 2.24) is 10.6 Å². The van der Waals surface area contributed by atoms with Gasteiger partial charge < -0.3 is 20.5 Å². The molecule has 1 aromatic carbocycles. The molecule has 0 aromatic heterocycles. The number of aryl methyl sites for hydroxylation is 1. The molecule has 3 N–H and O–H groups in total. The van der Waals surface area contributed by atoms with E-state index in [1.807, 2.05) is 39.0 Å². The Morgan fingerprint density at radius 2 is 2.16 bits per heavy atom. The average molecular weight is 345 g/mol. The van der Waals surface area contributed by atoms with Crippen LogP contribution in [0.15, 0.2) is 30.0 Å². The minimum Gasteiger partial charge on any atom is -0.494 e. The molecule has 7 heteroatoms. The number of nitrogens with one attached hydrogen (secondary N) is 2. The van der Waals surface area contributed by atoms with Crippen molar-refractivity contribution in [3.05, 3.63) is 41.1 Å². The first-order valence-corrected chi connectivity index (χ1v) is 7.98. The lowest BCUT2D eigenvalue weighted by Crippen LogP contribution is -2.29. The maximum absolute atomic E-state index is 12.2. The fourth-order valence-electron chi connectivity index (χ4n) is 2.15. The maximum atomic E-state index is 12.2. The Morgan fingerprint density at radius 1 is 1.44 bits per heavy atom. The number of carboxylic acid groups (broad SMARTS) is 1. The summed E-state index contributed by atoms with van der Waals surface area (Å²) in [6.45, 7) is 6.28. The van der Waals surface area contributed by atoms with E-state index in [0.717, 1.165) is 11.1 Å². The lowest BCUT2D eigenvalue weighted by molar-refractivity contribution is -0.136. The van der Waals surface area contributed by atoms with Gasteiger partial charge in [-0.15, -0.1) is 0 Å². The highest BCUT2D eigenvalue weighted by molar-refractivity contribution is 5.97. The van der Waals surface area contributed by atoms with Gasteiger partial charge in [0.1, 0.15) is 17.4 Å². The highest BCUT2D eigenvalue weighted by atomic mass is 16.5. The SMILES string of the molecule is CCOc1ccc(C)cc1C(C)NC(=O)/C(C#N)=C\NCCC(=O)O. The molecule has 0 spiro atoms. The van der Waals surface area contributed by atoms with E-state index in [1.165, 1.54) is 6.20 Å². The van der Waals surface area contributed by atoms with Crippen molar-refractivity contribution in [2.24, 2.45) is 0 Å². The summed E-state index contributed by atoms with van der Waals surface area (Å²) in [4.78, 5) is 22.7. The largest absolute Gasteiger partial charge is 0.494 e. The predicted molar refractivity (Wildman–Crippen MR) is 92.9 cm³/mol. The number of rotatable bonds is 9. The molecule has 0 radical (unpaired) electrons. The molecular weight excluding hydrogens is 322 g/mol. The molecular formula is C18H23N3O4. The summed E-state index contributed by atoms with van der Waals surface area (Å²) in [5.41, 5.74) is 1.74. The molecule has 0 fully saturated rings. The molecule has 0 heterocycles.